The Bertz CT molecular complexity index is 587. The van der Waals surface area contributed by atoms with Crippen molar-refractivity contribution in [3.63, 3.8) is 0 Å². The third kappa shape index (κ3) is 2.49. The minimum Gasteiger partial charge on any atom is -0.496 e. The highest BCUT2D eigenvalue weighted by molar-refractivity contribution is 5.72. The number of ether oxygens (including phenoxy) is 1. The number of hydrogen-bond acceptors (Lipinski definition) is 3. The maximum Gasteiger partial charge on any atom is 0.128 e. The Labute approximate surface area is 114 Å². The first-order valence-electron chi connectivity index (χ1n) is 6.48. The van der Waals surface area contributed by atoms with Gasteiger partial charge in [0.15, 0.2) is 0 Å². The number of nitrogens with two attached hydrogens (primary N) is 1. The van der Waals surface area contributed by atoms with Gasteiger partial charge in [0.05, 0.1) is 12.8 Å². The van der Waals surface area contributed by atoms with E-state index in [1.54, 1.807) is 7.11 Å². The molecular formula is C15H21N3O. The molecule has 0 spiro atoms. The molecule has 2 aromatic rings. The highest BCUT2D eigenvalue weighted by Crippen LogP contribution is 2.34. The molecule has 1 aromatic heterocycles. The summed E-state index contributed by atoms with van der Waals surface area (Å²) in [5, 5.41) is 7.50. The van der Waals surface area contributed by atoms with E-state index in [-0.39, 0.29) is 0 Å². The van der Waals surface area contributed by atoms with Crippen LogP contribution in [0.4, 0.5) is 0 Å². The van der Waals surface area contributed by atoms with Gasteiger partial charge >= 0.3 is 0 Å². The predicted octanol–water partition coefficient (Wildman–Crippen LogP) is 2.51. The van der Waals surface area contributed by atoms with Crippen molar-refractivity contribution in [3.8, 4) is 17.0 Å². The van der Waals surface area contributed by atoms with Crippen LogP contribution >= 0.6 is 0 Å². The van der Waals surface area contributed by atoms with Gasteiger partial charge in [0.1, 0.15) is 5.75 Å². The van der Waals surface area contributed by atoms with E-state index in [1.807, 2.05) is 0 Å². The first kappa shape index (κ1) is 13.6. The lowest BCUT2D eigenvalue weighted by molar-refractivity contribution is 0.416. The van der Waals surface area contributed by atoms with Gasteiger partial charge in [-0.15, -0.1) is 0 Å². The Morgan fingerprint density at radius 1 is 1.21 bits per heavy atom. The molecular weight excluding hydrogens is 238 g/mol. The van der Waals surface area contributed by atoms with Gasteiger partial charge in [-0.3, -0.25) is 5.10 Å². The molecule has 19 heavy (non-hydrogen) atoms. The molecule has 0 radical (unpaired) electrons. The molecule has 0 amide bonds. The van der Waals surface area contributed by atoms with Crippen molar-refractivity contribution in [1.29, 1.82) is 0 Å². The number of H-pyrrole nitrogens is 1. The molecule has 0 fully saturated rings. The van der Waals surface area contributed by atoms with Crippen LogP contribution in [-0.2, 0) is 6.42 Å². The lowest BCUT2D eigenvalue weighted by Crippen LogP contribution is -2.04. The van der Waals surface area contributed by atoms with Gasteiger partial charge < -0.3 is 10.5 Å². The molecule has 0 bridgehead atoms. The fourth-order valence-corrected chi connectivity index (χ4v) is 2.23. The van der Waals surface area contributed by atoms with Gasteiger partial charge in [0.25, 0.3) is 0 Å². The first-order valence-corrected chi connectivity index (χ1v) is 6.48. The Kier molecular flexibility index (Phi) is 3.90. The van der Waals surface area contributed by atoms with Gasteiger partial charge in [-0.1, -0.05) is 0 Å². The number of aromatic nitrogens is 2. The summed E-state index contributed by atoms with van der Waals surface area (Å²) in [5.74, 6) is 0.858. The first-order chi connectivity index (χ1) is 9.08. The maximum atomic E-state index is 5.60. The van der Waals surface area contributed by atoms with Crippen molar-refractivity contribution in [3.05, 3.63) is 34.5 Å². The molecule has 0 saturated heterocycles. The van der Waals surface area contributed by atoms with E-state index in [1.165, 1.54) is 11.1 Å². The van der Waals surface area contributed by atoms with Crippen LogP contribution < -0.4 is 10.5 Å². The van der Waals surface area contributed by atoms with E-state index < -0.39 is 0 Å². The Hall–Kier alpha value is -1.81. The van der Waals surface area contributed by atoms with Gasteiger partial charge in [0.2, 0.25) is 0 Å². The number of nitrogens with one attached hydrogen (secondary N) is 1. The molecule has 1 aromatic carbocycles. The molecule has 3 N–H and O–H groups in total. The summed E-state index contributed by atoms with van der Waals surface area (Å²) in [6.07, 6.45) is 0.812. The number of aromatic amines is 1. The molecule has 0 atom stereocenters. The van der Waals surface area contributed by atoms with Crippen LogP contribution in [0.3, 0.4) is 0 Å². The predicted molar refractivity (Wildman–Crippen MR) is 77.5 cm³/mol. The highest BCUT2D eigenvalue weighted by atomic mass is 16.5. The van der Waals surface area contributed by atoms with Gasteiger partial charge in [-0.25, -0.2) is 0 Å². The number of methoxy groups -OCH3 is 1. The maximum absolute atomic E-state index is 5.60. The van der Waals surface area contributed by atoms with E-state index >= 15 is 0 Å². The van der Waals surface area contributed by atoms with Gasteiger partial charge in [0, 0.05) is 17.7 Å². The lowest BCUT2D eigenvalue weighted by atomic mass is 10.00. The monoisotopic (exact) mass is 259 g/mol. The van der Waals surface area contributed by atoms with Crippen molar-refractivity contribution >= 4 is 0 Å². The van der Waals surface area contributed by atoms with Crippen molar-refractivity contribution in [2.75, 3.05) is 13.7 Å². The Balaban J connectivity index is 2.55. The van der Waals surface area contributed by atoms with Crippen LogP contribution in [-0.4, -0.2) is 23.9 Å². The van der Waals surface area contributed by atoms with Crippen LogP contribution in [0.2, 0.25) is 0 Å². The minimum absolute atomic E-state index is 0.618. The number of hydrogen-bond donors (Lipinski definition) is 2. The zero-order valence-corrected chi connectivity index (χ0v) is 12.0. The summed E-state index contributed by atoms with van der Waals surface area (Å²) in [7, 11) is 1.69. The second kappa shape index (κ2) is 5.45. The number of aryl methyl sites for hydroxylation is 2. The van der Waals surface area contributed by atoms with Crippen LogP contribution in [0.25, 0.3) is 11.3 Å². The normalized spacial score (nSPS) is 10.8. The number of nitrogens with zero attached hydrogens (tertiary/aromatic N) is 1. The highest BCUT2D eigenvalue weighted by Gasteiger charge is 2.15. The van der Waals surface area contributed by atoms with Crippen molar-refractivity contribution in [2.45, 2.75) is 27.2 Å². The quantitative estimate of drug-likeness (QED) is 0.886. The molecule has 4 nitrogen and oxygen atoms in total. The zero-order valence-electron chi connectivity index (χ0n) is 12.0. The van der Waals surface area contributed by atoms with E-state index in [0.717, 1.165) is 34.7 Å². The van der Waals surface area contributed by atoms with Crippen LogP contribution in [0.5, 0.6) is 5.75 Å². The minimum atomic E-state index is 0.618. The third-order valence-electron chi connectivity index (χ3n) is 3.58. The second-order valence-electron chi connectivity index (χ2n) is 4.85. The van der Waals surface area contributed by atoms with Crippen LogP contribution in [0, 0.1) is 20.8 Å². The fourth-order valence-electron chi connectivity index (χ4n) is 2.23. The average molecular weight is 259 g/mol. The van der Waals surface area contributed by atoms with Crippen molar-refractivity contribution < 1.29 is 4.74 Å². The number of benzene rings is 1. The number of rotatable bonds is 4. The third-order valence-corrected chi connectivity index (χ3v) is 3.58. The van der Waals surface area contributed by atoms with Gasteiger partial charge in [-0.05, 0) is 56.1 Å². The summed E-state index contributed by atoms with van der Waals surface area (Å²) in [4.78, 5) is 0. The fraction of sp³-hybridized carbons (Fsp3) is 0.400. The van der Waals surface area contributed by atoms with E-state index in [0.29, 0.717) is 6.54 Å². The topological polar surface area (TPSA) is 63.9 Å². The lowest BCUT2D eigenvalue weighted by Gasteiger charge is -2.11. The summed E-state index contributed by atoms with van der Waals surface area (Å²) in [6, 6.07) is 4.19. The van der Waals surface area contributed by atoms with E-state index in [9.17, 15) is 0 Å². The smallest absolute Gasteiger partial charge is 0.128 e. The zero-order chi connectivity index (χ0) is 14.0. The molecule has 0 aliphatic carbocycles. The summed E-state index contributed by atoms with van der Waals surface area (Å²) in [6.45, 7) is 6.87. The van der Waals surface area contributed by atoms with Gasteiger partial charge in [-0.2, -0.15) is 5.10 Å². The standard InChI is InChI=1S/C15H21N3O/c1-9-7-12(14(19-4)8-10(9)2)15-11(3)13(5-6-16)17-18-15/h7-8H,5-6,16H2,1-4H3,(H,17,18). The molecule has 102 valence electrons. The Morgan fingerprint density at radius 2 is 1.89 bits per heavy atom. The van der Waals surface area contributed by atoms with E-state index in [2.05, 4.69) is 43.1 Å². The molecule has 0 aliphatic heterocycles. The summed E-state index contributed by atoms with van der Waals surface area (Å²) < 4.78 is 5.48. The van der Waals surface area contributed by atoms with Crippen LogP contribution in [0.15, 0.2) is 12.1 Å². The summed E-state index contributed by atoms with van der Waals surface area (Å²) in [5.41, 5.74) is 12.3. The average Bonchev–Trinajstić information content (AvgIpc) is 2.74. The van der Waals surface area contributed by atoms with Crippen molar-refractivity contribution in [2.24, 2.45) is 5.73 Å². The van der Waals surface area contributed by atoms with E-state index in [4.69, 9.17) is 10.5 Å². The van der Waals surface area contributed by atoms with Crippen LogP contribution in [0.1, 0.15) is 22.4 Å². The largest absolute Gasteiger partial charge is 0.496 e. The molecule has 0 unspecified atom stereocenters. The molecule has 2 rings (SSSR count). The molecule has 1 heterocycles. The molecule has 0 saturated carbocycles. The van der Waals surface area contributed by atoms with Crippen molar-refractivity contribution in [1.82, 2.24) is 10.2 Å². The summed E-state index contributed by atoms with van der Waals surface area (Å²) >= 11 is 0. The molecule has 4 heteroatoms. The molecule has 0 aliphatic rings. The second-order valence-corrected chi connectivity index (χ2v) is 4.85. The SMILES string of the molecule is COc1cc(C)c(C)cc1-c1n[nH]c(CCN)c1C. The Morgan fingerprint density at radius 3 is 2.53 bits per heavy atom.